The van der Waals surface area contributed by atoms with Crippen LogP contribution in [0.15, 0.2) is 0 Å². The molecule has 0 aromatic rings. The van der Waals surface area contributed by atoms with Crippen LogP contribution in [0.4, 0.5) is 0 Å². The first-order chi connectivity index (χ1) is 5.91. The van der Waals surface area contributed by atoms with E-state index in [0.717, 1.165) is 0 Å². The maximum Gasteiger partial charge on any atom is -0.0533 e. The summed E-state index contributed by atoms with van der Waals surface area (Å²) in [7, 11) is 0. The van der Waals surface area contributed by atoms with Gasteiger partial charge in [-0.3, -0.25) is 0 Å². The zero-order valence-corrected chi connectivity index (χ0v) is 10.2. The Bertz CT molecular complexity index is 19.4. The zero-order valence-electron chi connectivity index (χ0n) is 10.2. The van der Waals surface area contributed by atoms with Crippen molar-refractivity contribution < 1.29 is 0 Å². The Hall–Kier alpha value is 0. The smallest absolute Gasteiger partial charge is 0.0533 e. The molecule has 1 aliphatic rings. The molecule has 0 unspecified atom stereocenters. The molecule has 1 aliphatic carbocycles. The Kier molecular flexibility index (Phi) is 108. The minimum atomic E-state index is 0. The molecule has 1 fully saturated rings. The molecule has 0 nitrogen and oxygen atoms in total. The number of rotatable bonds is 0. The first-order valence-electron chi connectivity index (χ1n) is 5.91. The fourth-order valence-corrected chi connectivity index (χ4v) is 0.884. The standard InChI is InChI=1S/C5H10.C3H8.2C2H6.2CH4/c1-2-4-5-3-1;1-3-2;2*1-2;;/h1-5H2;3H2,1-2H3;2*1-2H3;2*1H4. The van der Waals surface area contributed by atoms with Gasteiger partial charge in [0.1, 0.15) is 0 Å². The lowest BCUT2D eigenvalue weighted by Crippen LogP contribution is -1.47. The molecule has 0 atom stereocenters. The van der Waals surface area contributed by atoms with Crippen LogP contribution < -0.4 is 0 Å². The second-order valence-electron chi connectivity index (χ2n) is 2.47. The summed E-state index contributed by atoms with van der Waals surface area (Å²) >= 11 is 0. The molecule has 0 N–H and O–H groups in total. The first kappa shape index (κ1) is 29.2. The summed E-state index contributed by atoms with van der Waals surface area (Å²) < 4.78 is 0. The molecule has 0 spiro atoms. The summed E-state index contributed by atoms with van der Waals surface area (Å²) in [4.78, 5) is 0. The van der Waals surface area contributed by atoms with E-state index in [-0.39, 0.29) is 14.9 Å². The van der Waals surface area contributed by atoms with Crippen molar-refractivity contribution in [2.45, 2.75) is 94.9 Å². The average molecular weight is 206 g/mol. The third-order valence-corrected chi connectivity index (χ3v) is 1.25. The van der Waals surface area contributed by atoms with Crippen molar-refractivity contribution in [3.63, 3.8) is 0 Å². The summed E-state index contributed by atoms with van der Waals surface area (Å²) in [5.41, 5.74) is 0. The number of hydrogen-bond donors (Lipinski definition) is 0. The lowest BCUT2D eigenvalue weighted by molar-refractivity contribution is 0.886. The highest BCUT2D eigenvalue weighted by molar-refractivity contribution is 4.51. The van der Waals surface area contributed by atoms with E-state index in [1.165, 1.54) is 38.5 Å². The summed E-state index contributed by atoms with van der Waals surface area (Å²) in [6.07, 6.45) is 8.75. The van der Waals surface area contributed by atoms with Gasteiger partial charge in [0.15, 0.2) is 0 Å². The highest BCUT2D eigenvalue weighted by atomic mass is 14.0. The molecule has 1 saturated carbocycles. The minimum absolute atomic E-state index is 0. The molecule has 0 saturated heterocycles. The summed E-state index contributed by atoms with van der Waals surface area (Å²) in [6.45, 7) is 12.2. The van der Waals surface area contributed by atoms with Gasteiger partial charge in [0.05, 0.1) is 0 Å². The molecule has 14 heavy (non-hydrogen) atoms. The predicted octanol–water partition coefficient (Wildman–Crippen LogP) is 6.69. The lowest BCUT2D eigenvalue weighted by Gasteiger charge is -1.67. The fourth-order valence-electron chi connectivity index (χ4n) is 0.884. The van der Waals surface area contributed by atoms with E-state index in [9.17, 15) is 0 Å². The minimum Gasteiger partial charge on any atom is -0.0776 e. The molecule has 94 valence electrons. The van der Waals surface area contributed by atoms with Gasteiger partial charge in [-0.05, 0) is 0 Å². The molecule has 0 radical (unpaired) electrons. The van der Waals surface area contributed by atoms with Crippen LogP contribution in [-0.4, -0.2) is 0 Å². The Labute approximate surface area is 95.5 Å². The summed E-state index contributed by atoms with van der Waals surface area (Å²) in [5.74, 6) is 0. The molecular formula is C14H38. The molecule has 0 aromatic heterocycles. The largest absolute Gasteiger partial charge is 0.0776 e. The van der Waals surface area contributed by atoms with Crippen molar-refractivity contribution in [1.29, 1.82) is 0 Å². The van der Waals surface area contributed by atoms with E-state index in [4.69, 9.17) is 0 Å². The highest BCUT2D eigenvalue weighted by Gasteiger charge is 1.95. The molecule has 0 aromatic carbocycles. The van der Waals surface area contributed by atoms with Gasteiger partial charge in [0, 0.05) is 0 Å². The number of hydrogen-bond acceptors (Lipinski definition) is 0. The summed E-state index contributed by atoms with van der Waals surface area (Å²) in [5, 5.41) is 0. The van der Waals surface area contributed by atoms with Crippen molar-refractivity contribution in [3.05, 3.63) is 0 Å². The predicted molar refractivity (Wildman–Crippen MR) is 75.2 cm³/mol. The maximum absolute atomic E-state index is 2.12. The van der Waals surface area contributed by atoms with Crippen molar-refractivity contribution in [2.75, 3.05) is 0 Å². The van der Waals surface area contributed by atoms with Gasteiger partial charge in [-0.15, -0.1) is 0 Å². The van der Waals surface area contributed by atoms with Crippen LogP contribution >= 0.6 is 0 Å². The van der Waals surface area contributed by atoms with Crippen molar-refractivity contribution in [3.8, 4) is 0 Å². The Morgan fingerprint density at radius 1 is 0.571 bits per heavy atom. The van der Waals surface area contributed by atoms with Crippen LogP contribution in [0, 0.1) is 0 Å². The molecular weight excluding hydrogens is 168 g/mol. The van der Waals surface area contributed by atoms with Gasteiger partial charge in [0.2, 0.25) is 0 Å². The van der Waals surface area contributed by atoms with E-state index in [1.807, 2.05) is 27.7 Å². The van der Waals surface area contributed by atoms with Gasteiger partial charge in [-0.25, -0.2) is 0 Å². The van der Waals surface area contributed by atoms with Crippen molar-refractivity contribution >= 4 is 0 Å². The Morgan fingerprint density at radius 2 is 0.643 bits per heavy atom. The normalized spacial score (nSPS) is 10.7. The van der Waals surface area contributed by atoms with Crippen LogP contribution in [0.2, 0.25) is 0 Å². The SMILES string of the molecule is C.C.C1CCCC1.CC.CC.CCC. The zero-order chi connectivity index (χ0) is 10.2. The summed E-state index contributed by atoms with van der Waals surface area (Å²) in [6, 6.07) is 0. The van der Waals surface area contributed by atoms with Crippen LogP contribution in [-0.2, 0) is 0 Å². The molecule has 0 aliphatic heterocycles. The molecule has 0 heteroatoms. The van der Waals surface area contributed by atoms with Gasteiger partial charge in [0.25, 0.3) is 0 Å². The van der Waals surface area contributed by atoms with E-state index in [2.05, 4.69) is 13.8 Å². The molecule has 0 bridgehead atoms. The fraction of sp³-hybridized carbons (Fsp3) is 1.00. The Balaban J connectivity index is -0.0000000271. The third-order valence-electron chi connectivity index (χ3n) is 1.25. The topological polar surface area (TPSA) is 0 Å². The van der Waals surface area contributed by atoms with E-state index in [1.54, 1.807) is 0 Å². The van der Waals surface area contributed by atoms with Crippen molar-refractivity contribution in [1.82, 2.24) is 0 Å². The van der Waals surface area contributed by atoms with Crippen LogP contribution in [0.1, 0.15) is 94.9 Å². The molecule has 0 amide bonds. The van der Waals surface area contributed by atoms with Gasteiger partial charge in [-0.1, -0.05) is 94.9 Å². The second-order valence-corrected chi connectivity index (χ2v) is 2.47. The van der Waals surface area contributed by atoms with E-state index >= 15 is 0 Å². The first-order valence-corrected chi connectivity index (χ1v) is 5.91. The molecule has 0 heterocycles. The maximum atomic E-state index is 2.12. The van der Waals surface area contributed by atoms with E-state index < -0.39 is 0 Å². The van der Waals surface area contributed by atoms with Crippen LogP contribution in [0.25, 0.3) is 0 Å². The van der Waals surface area contributed by atoms with Gasteiger partial charge in [-0.2, -0.15) is 0 Å². The quantitative estimate of drug-likeness (QED) is 0.414. The second kappa shape index (κ2) is 52.0. The third kappa shape index (κ3) is 58.1. The van der Waals surface area contributed by atoms with Crippen molar-refractivity contribution in [2.24, 2.45) is 0 Å². The highest BCUT2D eigenvalue weighted by Crippen LogP contribution is 2.15. The molecule has 1 rings (SSSR count). The Morgan fingerprint density at radius 3 is 0.714 bits per heavy atom. The lowest BCUT2D eigenvalue weighted by atomic mass is 10.4. The van der Waals surface area contributed by atoms with Gasteiger partial charge < -0.3 is 0 Å². The van der Waals surface area contributed by atoms with Crippen LogP contribution in [0.5, 0.6) is 0 Å². The average Bonchev–Trinajstić information content (AvgIpc) is 2.69. The monoisotopic (exact) mass is 206 g/mol. The van der Waals surface area contributed by atoms with Crippen LogP contribution in [0.3, 0.4) is 0 Å². The van der Waals surface area contributed by atoms with Gasteiger partial charge >= 0.3 is 0 Å². The van der Waals surface area contributed by atoms with E-state index in [0.29, 0.717) is 0 Å².